The smallest absolute Gasteiger partial charge is 0.284 e. The molecule has 0 bridgehead atoms. The first-order valence-corrected chi connectivity index (χ1v) is 14.8. The lowest BCUT2D eigenvalue weighted by molar-refractivity contribution is 0.447. The van der Waals surface area contributed by atoms with Gasteiger partial charge < -0.3 is 0 Å². The van der Waals surface area contributed by atoms with Crippen molar-refractivity contribution in [2.24, 2.45) is 0 Å². The normalized spacial score (nSPS) is 17.6. The van der Waals surface area contributed by atoms with Crippen molar-refractivity contribution in [3.05, 3.63) is 137 Å². The van der Waals surface area contributed by atoms with Gasteiger partial charge in [-0.3, -0.25) is 9.11 Å². The molecule has 3 aromatic carbocycles. The minimum absolute atomic E-state index is 0.152. The minimum atomic E-state index is -5.58. The van der Waals surface area contributed by atoms with Crippen molar-refractivity contribution in [3.8, 4) is 0 Å². The maximum atomic E-state index is 13.0. The van der Waals surface area contributed by atoms with E-state index in [1.165, 1.54) is 18.2 Å². The highest BCUT2D eigenvalue weighted by Gasteiger charge is 2.61. The molecule has 0 aromatic heterocycles. The average molecular weight is 590 g/mol. The van der Waals surface area contributed by atoms with Crippen LogP contribution in [-0.2, 0) is 20.2 Å². The lowest BCUT2D eigenvalue weighted by Crippen LogP contribution is -2.49. The Morgan fingerprint density at radius 3 is 1.39 bits per heavy atom. The topological polar surface area (TPSA) is 109 Å². The number of hydrogen-bond acceptors (Lipinski definition) is 4. The Morgan fingerprint density at radius 1 is 0.579 bits per heavy atom. The van der Waals surface area contributed by atoms with Gasteiger partial charge in [-0.15, -0.1) is 0 Å². The van der Waals surface area contributed by atoms with Crippen molar-refractivity contribution < 1.29 is 25.9 Å². The molecular weight excluding hydrogens is 567 g/mol. The Morgan fingerprint density at radius 2 is 0.974 bits per heavy atom. The quantitative estimate of drug-likeness (QED) is 0.242. The van der Waals surface area contributed by atoms with Gasteiger partial charge in [0.2, 0.25) is 0 Å². The number of alkyl halides is 2. The van der Waals surface area contributed by atoms with E-state index < -0.39 is 34.2 Å². The predicted octanol–water partition coefficient (Wildman–Crippen LogP) is 6.45. The summed E-state index contributed by atoms with van der Waals surface area (Å²) in [4.78, 5) is 0. The van der Waals surface area contributed by atoms with Crippen LogP contribution >= 0.6 is 23.2 Å². The van der Waals surface area contributed by atoms with E-state index in [0.29, 0.717) is 17.2 Å². The first-order valence-electron chi connectivity index (χ1n) is 11.2. The predicted molar refractivity (Wildman–Crippen MR) is 153 cm³/mol. The highest BCUT2D eigenvalue weighted by atomic mass is 35.5. The van der Waals surface area contributed by atoms with Gasteiger partial charge in [0.05, 0.1) is 0 Å². The molecule has 0 fully saturated rings. The van der Waals surface area contributed by atoms with Crippen LogP contribution in [0.1, 0.15) is 16.7 Å². The molecule has 0 atom stereocenters. The van der Waals surface area contributed by atoms with Crippen LogP contribution in [0.25, 0.3) is 17.7 Å². The molecule has 38 heavy (non-hydrogen) atoms. The van der Waals surface area contributed by atoms with E-state index in [1.54, 1.807) is 97.1 Å². The minimum Gasteiger partial charge on any atom is -0.284 e. The Bertz CT molecular complexity index is 1630. The molecule has 0 amide bonds. The van der Waals surface area contributed by atoms with E-state index in [9.17, 15) is 25.9 Å². The largest absolute Gasteiger partial charge is 0.295 e. The van der Waals surface area contributed by atoms with E-state index in [2.05, 4.69) is 0 Å². The van der Waals surface area contributed by atoms with Gasteiger partial charge in [-0.05, 0) is 33.9 Å². The number of hydrogen-bond donors (Lipinski definition) is 2. The highest BCUT2D eigenvalue weighted by molar-refractivity contribution is 8.06. The molecule has 2 N–H and O–H groups in total. The zero-order chi connectivity index (χ0) is 27.6. The van der Waals surface area contributed by atoms with E-state index in [-0.39, 0.29) is 16.7 Å². The molecule has 0 heterocycles. The van der Waals surface area contributed by atoms with Crippen LogP contribution < -0.4 is 0 Å². The Labute approximate surface area is 231 Å². The van der Waals surface area contributed by atoms with Gasteiger partial charge in [0.15, 0.2) is 4.33 Å². The van der Waals surface area contributed by atoms with Crippen LogP contribution in [-0.4, -0.2) is 34.4 Å². The van der Waals surface area contributed by atoms with Crippen molar-refractivity contribution >= 4 is 61.2 Å². The first kappa shape index (κ1) is 28.0. The van der Waals surface area contributed by atoms with Crippen molar-refractivity contribution in [1.82, 2.24) is 0 Å². The maximum Gasteiger partial charge on any atom is 0.295 e. The molecule has 10 heteroatoms. The van der Waals surface area contributed by atoms with Gasteiger partial charge in [-0.25, -0.2) is 0 Å². The number of rotatable bonds is 7. The summed E-state index contributed by atoms with van der Waals surface area (Å²) in [6, 6.07) is 25.5. The third-order valence-electron chi connectivity index (χ3n) is 6.01. The Kier molecular flexibility index (Phi) is 7.86. The molecule has 3 aromatic rings. The SMILES string of the molecule is O=S(=O)(O)C1(S(=O)(=O)O)C=C(c2ccccc2)C(Cl)(Cl)C(C=Cc2ccccc2)=C1C=Cc1ccccc1. The second kappa shape index (κ2) is 10.6. The van der Waals surface area contributed by atoms with E-state index in [1.807, 2.05) is 0 Å². The summed E-state index contributed by atoms with van der Waals surface area (Å²) < 4.78 is 67.5. The molecule has 0 radical (unpaired) electrons. The monoisotopic (exact) mass is 588 g/mol. The summed E-state index contributed by atoms with van der Waals surface area (Å²) in [6.07, 6.45) is 6.23. The van der Waals surface area contributed by atoms with Crippen LogP contribution in [0.3, 0.4) is 0 Å². The fourth-order valence-electron chi connectivity index (χ4n) is 4.19. The standard InChI is InChI=1S/C28H22Cl2O6S2/c29-28(30)25(19-17-22-12-6-2-7-13-22)24(18-16-21-10-4-1-5-11-21)27(37(31,32)33,38(34,35)36)20-26(28)23-14-8-3-9-15-23/h1-20H,(H,31,32,33)(H,34,35,36). The van der Waals surface area contributed by atoms with Gasteiger partial charge in [-0.1, -0.05) is 139 Å². The molecule has 0 spiro atoms. The maximum absolute atomic E-state index is 13.0. The lowest BCUT2D eigenvalue weighted by atomic mass is 9.85. The fourth-order valence-corrected chi connectivity index (χ4v) is 7.36. The van der Waals surface area contributed by atoms with E-state index >= 15 is 0 Å². The van der Waals surface area contributed by atoms with Crippen molar-refractivity contribution in [1.29, 1.82) is 0 Å². The second-order valence-electron chi connectivity index (χ2n) is 8.43. The van der Waals surface area contributed by atoms with E-state index in [0.717, 1.165) is 0 Å². The summed E-state index contributed by atoms with van der Waals surface area (Å²) in [5, 5.41) is 0. The second-order valence-corrected chi connectivity index (χ2v) is 13.2. The van der Waals surface area contributed by atoms with Crippen molar-refractivity contribution in [2.75, 3.05) is 0 Å². The number of allylic oxidation sites excluding steroid dienone is 4. The van der Waals surface area contributed by atoms with Crippen LogP contribution in [0, 0.1) is 0 Å². The molecule has 196 valence electrons. The third kappa shape index (κ3) is 5.29. The van der Waals surface area contributed by atoms with Gasteiger partial charge in [-0.2, -0.15) is 16.8 Å². The van der Waals surface area contributed by atoms with Gasteiger partial charge in [0, 0.05) is 5.57 Å². The fraction of sp³-hybridized carbons (Fsp3) is 0.0714. The molecule has 0 unspecified atom stereocenters. The molecule has 1 aliphatic rings. The lowest BCUT2D eigenvalue weighted by Gasteiger charge is -2.38. The molecule has 0 aliphatic heterocycles. The first-order chi connectivity index (χ1) is 17.9. The Balaban J connectivity index is 2.14. The van der Waals surface area contributed by atoms with Gasteiger partial charge >= 0.3 is 0 Å². The molecule has 6 nitrogen and oxygen atoms in total. The number of halogens is 2. The van der Waals surface area contributed by atoms with Gasteiger partial charge in [0.25, 0.3) is 24.3 Å². The van der Waals surface area contributed by atoms with E-state index in [4.69, 9.17) is 23.2 Å². The van der Waals surface area contributed by atoms with Crippen LogP contribution in [0.4, 0.5) is 0 Å². The summed E-state index contributed by atoms with van der Waals surface area (Å²) >= 11 is 13.8. The molecule has 1 aliphatic carbocycles. The summed E-state index contributed by atoms with van der Waals surface area (Å²) in [6.45, 7) is 0. The van der Waals surface area contributed by atoms with Gasteiger partial charge in [0.1, 0.15) is 0 Å². The summed E-state index contributed by atoms with van der Waals surface area (Å²) in [5.74, 6) is 0. The molecular formula is C28H22Cl2O6S2. The third-order valence-corrected chi connectivity index (χ3v) is 10.3. The average Bonchev–Trinajstić information content (AvgIpc) is 2.87. The molecule has 4 rings (SSSR count). The molecule has 0 saturated heterocycles. The van der Waals surface area contributed by atoms with Crippen molar-refractivity contribution in [2.45, 2.75) is 8.41 Å². The Hall–Kier alpha value is -2.98. The van der Waals surface area contributed by atoms with Crippen LogP contribution in [0.5, 0.6) is 0 Å². The molecule has 0 saturated carbocycles. The summed E-state index contributed by atoms with van der Waals surface area (Å²) in [5.41, 5.74) is 0.679. The van der Waals surface area contributed by atoms with Crippen LogP contribution in [0.2, 0.25) is 0 Å². The van der Waals surface area contributed by atoms with Crippen molar-refractivity contribution in [3.63, 3.8) is 0 Å². The highest BCUT2D eigenvalue weighted by Crippen LogP contribution is 2.54. The number of benzene rings is 3. The van der Waals surface area contributed by atoms with Crippen LogP contribution in [0.15, 0.2) is 120 Å². The zero-order valence-electron chi connectivity index (χ0n) is 19.6. The summed E-state index contributed by atoms with van der Waals surface area (Å²) in [7, 11) is -11.2. The zero-order valence-corrected chi connectivity index (χ0v) is 22.8.